The van der Waals surface area contributed by atoms with Gasteiger partial charge in [-0.05, 0) is 42.5 Å². The number of fused-ring (bicyclic) bond motifs is 1. The molecule has 0 atom stereocenters. The molecule has 1 amide bonds. The van der Waals surface area contributed by atoms with Crippen molar-refractivity contribution >= 4 is 16.9 Å². The Morgan fingerprint density at radius 1 is 0.926 bits per heavy atom. The average Bonchev–Trinajstić information content (AvgIpc) is 3.12. The summed E-state index contributed by atoms with van der Waals surface area (Å²) in [6, 6.07) is 24.5. The van der Waals surface area contributed by atoms with E-state index in [0.717, 1.165) is 22.6 Å². The van der Waals surface area contributed by atoms with Gasteiger partial charge < -0.3 is 15.0 Å². The Bertz CT molecular complexity index is 1020. The Hall–Kier alpha value is -3.60. The number of ether oxygens (including phenoxy) is 1. The number of hydrogen-bond acceptors (Lipinski definition) is 3. The Balaban J connectivity index is 1.36. The van der Waals surface area contributed by atoms with Gasteiger partial charge >= 0.3 is 0 Å². The van der Waals surface area contributed by atoms with Crippen LogP contribution in [-0.2, 0) is 6.42 Å². The molecule has 5 heteroatoms. The summed E-state index contributed by atoms with van der Waals surface area (Å²) in [5.41, 5.74) is 2.50. The number of hydrogen-bond donors (Lipinski definition) is 2. The van der Waals surface area contributed by atoms with E-state index in [1.807, 2.05) is 66.7 Å². The van der Waals surface area contributed by atoms with Crippen molar-refractivity contribution in [2.24, 2.45) is 0 Å². The molecule has 2 N–H and O–H groups in total. The molecule has 0 aliphatic carbocycles. The minimum Gasteiger partial charge on any atom is -0.457 e. The summed E-state index contributed by atoms with van der Waals surface area (Å²) in [4.78, 5) is 20.2. The molecular formula is C22H19N3O2. The molecule has 0 saturated carbocycles. The van der Waals surface area contributed by atoms with E-state index < -0.39 is 0 Å². The highest BCUT2D eigenvalue weighted by molar-refractivity contribution is 5.94. The zero-order valence-electron chi connectivity index (χ0n) is 14.7. The molecule has 5 nitrogen and oxygen atoms in total. The third-order valence-electron chi connectivity index (χ3n) is 4.16. The predicted molar refractivity (Wildman–Crippen MR) is 105 cm³/mol. The number of amides is 1. The maximum Gasteiger partial charge on any atom is 0.251 e. The van der Waals surface area contributed by atoms with E-state index in [0.29, 0.717) is 24.3 Å². The molecule has 3 aromatic carbocycles. The van der Waals surface area contributed by atoms with Gasteiger partial charge in [-0.1, -0.05) is 36.4 Å². The van der Waals surface area contributed by atoms with Crippen LogP contribution in [0.5, 0.6) is 11.5 Å². The molecule has 134 valence electrons. The van der Waals surface area contributed by atoms with Gasteiger partial charge in [-0.3, -0.25) is 4.79 Å². The second kappa shape index (κ2) is 7.74. The molecule has 1 heterocycles. The van der Waals surface area contributed by atoms with Crippen molar-refractivity contribution in [3.63, 3.8) is 0 Å². The molecule has 0 spiro atoms. The van der Waals surface area contributed by atoms with Crippen LogP contribution in [0.25, 0.3) is 11.0 Å². The van der Waals surface area contributed by atoms with Gasteiger partial charge in [0, 0.05) is 18.5 Å². The van der Waals surface area contributed by atoms with E-state index in [1.165, 1.54) is 0 Å². The number of imidazole rings is 1. The lowest BCUT2D eigenvalue weighted by molar-refractivity contribution is 0.0953. The third kappa shape index (κ3) is 4.15. The summed E-state index contributed by atoms with van der Waals surface area (Å²) in [6.45, 7) is 0.502. The van der Waals surface area contributed by atoms with Gasteiger partial charge in [-0.2, -0.15) is 0 Å². The molecule has 0 radical (unpaired) electrons. The molecule has 27 heavy (non-hydrogen) atoms. The van der Waals surface area contributed by atoms with Crippen molar-refractivity contribution in [2.45, 2.75) is 6.42 Å². The monoisotopic (exact) mass is 357 g/mol. The largest absolute Gasteiger partial charge is 0.457 e. The van der Waals surface area contributed by atoms with Gasteiger partial charge in [0.05, 0.1) is 11.0 Å². The number of nitrogens with zero attached hydrogens (tertiary/aromatic N) is 1. The zero-order valence-corrected chi connectivity index (χ0v) is 14.7. The van der Waals surface area contributed by atoms with E-state index in [9.17, 15) is 4.79 Å². The maximum absolute atomic E-state index is 12.4. The van der Waals surface area contributed by atoms with Crippen molar-refractivity contribution in [3.05, 3.63) is 90.3 Å². The van der Waals surface area contributed by atoms with Gasteiger partial charge in [0.25, 0.3) is 5.91 Å². The fourth-order valence-electron chi connectivity index (χ4n) is 2.85. The van der Waals surface area contributed by atoms with E-state index in [2.05, 4.69) is 15.3 Å². The minimum atomic E-state index is -0.135. The first kappa shape index (κ1) is 16.8. The second-order valence-electron chi connectivity index (χ2n) is 6.15. The molecule has 0 saturated heterocycles. The van der Waals surface area contributed by atoms with Gasteiger partial charge in [-0.15, -0.1) is 0 Å². The van der Waals surface area contributed by atoms with Crippen LogP contribution in [0.15, 0.2) is 78.9 Å². The molecule has 1 aromatic heterocycles. The number of aromatic nitrogens is 2. The standard InChI is InChI=1S/C22H19N3O2/c26-22(23-14-13-21-24-19-11-4-5-12-20(19)25-21)16-7-6-10-18(15-16)27-17-8-2-1-3-9-17/h1-12,15H,13-14H2,(H,23,26)(H,24,25). The SMILES string of the molecule is O=C(NCCc1nc2ccccc2[nH]1)c1cccc(Oc2ccccc2)c1. The molecule has 4 aromatic rings. The van der Waals surface area contributed by atoms with E-state index in [1.54, 1.807) is 12.1 Å². The summed E-state index contributed by atoms with van der Waals surface area (Å²) in [5, 5.41) is 2.93. The molecule has 4 rings (SSSR count). The average molecular weight is 357 g/mol. The number of rotatable bonds is 6. The second-order valence-corrected chi connectivity index (χ2v) is 6.15. The maximum atomic E-state index is 12.4. The van der Waals surface area contributed by atoms with E-state index in [-0.39, 0.29) is 5.91 Å². The van der Waals surface area contributed by atoms with Crippen molar-refractivity contribution < 1.29 is 9.53 Å². The Kier molecular flexibility index (Phi) is 4.83. The molecular weight excluding hydrogens is 338 g/mol. The smallest absolute Gasteiger partial charge is 0.251 e. The van der Waals surface area contributed by atoms with Crippen molar-refractivity contribution in [1.29, 1.82) is 0 Å². The quantitative estimate of drug-likeness (QED) is 0.540. The molecule has 0 unspecified atom stereocenters. The lowest BCUT2D eigenvalue weighted by atomic mass is 10.2. The Morgan fingerprint density at radius 2 is 1.70 bits per heavy atom. The summed E-state index contributed by atoms with van der Waals surface area (Å²) in [5.74, 6) is 2.09. The van der Waals surface area contributed by atoms with Gasteiger partial charge in [-0.25, -0.2) is 4.98 Å². The van der Waals surface area contributed by atoms with Gasteiger partial charge in [0.15, 0.2) is 0 Å². The Morgan fingerprint density at radius 3 is 2.56 bits per heavy atom. The van der Waals surface area contributed by atoms with Crippen molar-refractivity contribution in [1.82, 2.24) is 15.3 Å². The summed E-state index contributed by atoms with van der Waals surface area (Å²) >= 11 is 0. The lowest BCUT2D eigenvalue weighted by Crippen LogP contribution is -2.25. The van der Waals surface area contributed by atoms with Crippen LogP contribution in [0.4, 0.5) is 0 Å². The van der Waals surface area contributed by atoms with Gasteiger partial charge in [0.1, 0.15) is 17.3 Å². The number of nitrogens with one attached hydrogen (secondary N) is 2. The number of H-pyrrole nitrogens is 1. The molecule has 0 aliphatic rings. The fraction of sp³-hybridized carbons (Fsp3) is 0.0909. The van der Waals surface area contributed by atoms with Crippen LogP contribution in [0, 0.1) is 0 Å². The Labute approximate surface area is 157 Å². The van der Waals surface area contributed by atoms with Crippen LogP contribution in [0.2, 0.25) is 0 Å². The first-order chi connectivity index (χ1) is 13.3. The lowest BCUT2D eigenvalue weighted by Gasteiger charge is -2.08. The topological polar surface area (TPSA) is 67.0 Å². The number of para-hydroxylation sites is 3. The van der Waals surface area contributed by atoms with Gasteiger partial charge in [0.2, 0.25) is 0 Å². The first-order valence-electron chi connectivity index (χ1n) is 8.83. The number of carbonyl (C=O) groups is 1. The fourth-order valence-corrected chi connectivity index (χ4v) is 2.85. The highest BCUT2D eigenvalue weighted by Gasteiger charge is 2.08. The highest BCUT2D eigenvalue weighted by Crippen LogP contribution is 2.21. The van der Waals surface area contributed by atoms with Crippen LogP contribution in [0.1, 0.15) is 16.2 Å². The molecule has 0 aliphatic heterocycles. The molecule has 0 fully saturated rings. The number of carbonyl (C=O) groups excluding carboxylic acids is 1. The number of aromatic amines is 1. The summed E-state index contributed by atoms with van der Waals surface area (Å²) < 4.78 is 5.78. The van der Waals surface area contributed by atoms with Crippen molar-refractivity contribution in [2.75, 3.05) is 6.54 Å². The van der Waals surface area contributed by atoms with Crippen molar-refractivity contribution in [3.8, 4) is 11.5 Å². The van der Waals surface area contributed by atoms with E-state index >= 15 is 0 Å². The first-order valence-corrected chi connectivity index (χ1v) is 8.83. The van der Waals surface area contributed by atoms with Crippen LogP contribution in [0.3, 0.4) is 0 Å². The summed E-state index contributed by atoms with van der Waals surface area (Å²) in [6.07, 6.45) is 0.640. The number of benzene rings is 3. The van der Waals surface area contributed by atoms with Crippen LogP contribution >= 0.6 is 0 Å². The van der Waals surface area contributed by atoms with Crippen LogP contribution in [-0.4, -0.2) is 22.4 Å². The normalized spacial score (nSPS) is 10.7. The predicted octanol–water partition coefficient (Wildman–Crippen LogP) is 4.33. The summed E-state index contributed by atoms with van der Waals surface area (Å²) in [7, 11) is 0. The van der Waals surface area contributed by atoms with Crippen LogP contribution < -0.4 is 10.1 Å². The van der Waals surface area contributed by atoms with E-state index in [4.69, 9.17) is 4.74 Å². The third-order valence-corrected chi connectivity index (χ3v) is 4.16. The minimum absolute atomic E-state index is 0.135. The molecule has 0 bridgehead atoms. The highest BCUT2D eigenvalue weighted by atomic mass is 16.5. The zero-order chi connectivity index (χ0) is 18.5.